The first-order valence-corrected chi connectivity index (χ1v) is 7.74. The standard InChI is InChI=1S/C14H19NO3S/c1-19-11-5-3-10(4-6-11)15-14(18)9-2-7-12(16)13(17)8-9/h2,7-8,10-11,16-17H,3-6H2,1H3,(H,15,18). The van der Waals surface area contributed by atoms with Crippen LogP contribution in [0.2, 0.25) is 0 Å². The summed E-state index contributed by atoms with van der Waals surface area (Å²) in [5.74, 6) is -0.668. The quantitative estimate of drug-likeness (QED) is 0.745. The monoisotopic (exact) mass is 281 g/mol. The Hall–Kier alpha value is -1.36. The smallest absolute Gasteiger partial charge is 0.251 e. The van der Waals surface area contributed by atoms with Crippen molar-refractivity contribution in [1.82, 2.24) is 5.32 Å². The van der Waals surface area contributed by atoms with Crippen LogP contribution in [0, 0.1) is 0 Å². The molecule has 1 aromatic rings. The third kappa shape index (κ3) is 3.56. The fourth-order valence-corrected chi connectivity index (χ4v) is 3.12. The highest BCUT2D eigenvalue weighted by Crippen LogP contribution is 2.28. The van der Waals surface area contributed by atoms with Crippen molar-refractivity contribution in [3.05, 3.63) is 23.8 Å². The van der Waals surface area contributed by atoms with Gasteiger partial charge in [0, 0.05) is 16.9 Å². The van der Waals surface area contributed by atoms with Gasteiger partial charge in [0.25, 0.3) is 5.91 Å². The van der Waals surface area contributed by atoms with Crippen molar-refractivity contribution < 1.29 is 15.0 Å². The molecule has 1 fully saturated rings. The summed E-state index contributed by atoms with van der Waals surface area (Å²) in [5, 5.41) is 22.3. The van der Waals surface area contributed by atoms with E-state index in [9.17, 15) is 15.0 Å². The molecule has 4 nitrogen and oxygen atoms in total. The molecule has 0 bridgehead atoms. The van der Waals surface area contributed by atoms with Crippen molar-refractivity contribution in [2.75, 3.05) is 6.26 Å². The number of carbonyl (C=O) groups is 1. The van der Waals surface area contributed by atoms with Crippen molar-refractivity contribution in [1.29, 1.82) is 0 Å². The number of benzene rings is 1. The lowest BCUT2D eigenvalue weighted by Gasteiger charge is -2.28. The molecule has 0 radical (unpaired) electrons. The summed E-state index contributed by atoms with van der Waals surface area (Å²) in [7, 11) is 0. The molecule has 1 aliphatic rings. The van der Waals surface area contributed by atoms with Crippen LogP contribution in [0.25, 0.3) is 0 Å². The number of phenols is 2. The van der Waals surface area contributed by atoms with Crippen LogP contribution in [-0.2, 0) is 0 Å². The van der Waals surface area contributed by atoms with E-state index in [-0.39, 0.29) is 23.4 Å². The fourth-order valence-electron chi connectivity index (χ4n) is 2.38. The molecule has 1 saturated carbocycles. The first-order valence-electron chi connectivity index (χ1n) is 6.45. The number of nitrogens with one attached hydrogen (secondary N) is 1. The Kier molecular flexibility index (Phi) is 4.58. The summed E-state index contributed by atoms with van der Waals surface area (Å²) in [6.45, 7) is 0. The van der Waals surface area contributed by atoms with Gasteiger partial charge in [0.2, 0.25) is 0 Å². The van der Waals surface area contributed by atoms with Gasteiger partial charge in [0.1, 0.15) is 0 Å². The molecule has 0 aromatic heterocycles. The number of amides is 1. The molecule has 5 heteroatoms. The van der Waals surface area contributed by atoms with Crippen LogP contribution in [0.4, 0.5) is 0 Å². The van der Waals surface area contributed by atoms with E-state index in [1.165, 1.54) is 18.2 Å². The lowest BCUT2D eigenvalue weighted by atomic mass is 9.94. The van der Waals surface area contributed by atoms with Gasteiger partial charge in [-0.25, -0.2) is 0 Å². The summed E-state index contributed by atoms with van der Waals surface area (Å²) in [6, 6.07) is 4.34. The van der Waals surface area contributed by atoms with Crippen LogP contribution in [-0.4, -0.2) is 33.7 Å². The van der Waals surface area contributed by atoms with Gasteiger partial charge < -0.3 is 15.5 Å². The number of carbonyl (C=O) groups excluding carboxylic acids is 1. The summed E-state index contributed by atoms with van der Waals surface area (Å²) in [6.07, 6.45) is 6.39. The minimum absolute atomic E-state index is 0.192. The Morgan fingerprint density at radius 2 is 1.89 bits per heavy atom. The second-order valence-corrected chi connectivity index (χ2v) is 6.02. The minimum Gasteiger partial charge on any atom is -0.504 e. The lowest BCUT2D eigenvalue weighted by Crippen LogP contribution is -2.38. The zero-order chi connectivity index (χ0) is 13.8. The highest BCUT2D eigenvalue weighted by molar-refractivity contribution is 7.99. The largest absolute Gasteiger partial charge is 0.504 e. The maximum absolute atomic E-state index is 12.0. The topological polar surface area (TPSA) is 69.6 Å². The van der Waals surface area contributed by atoms with Gasteiger partial charge in [-0.2, -0.15) is 11.8 Å². The Labute approximate surface area is 117 Å². The summed E-state index contributed by atoms with van der Waals surface area (Å²) < 4.78 is 0. The van der Waals surface area contributed by atoms with Crippen molar-refractivity contribution >= 4 is 17.7 Å². The zero-order valence-electron chi connectivity index (χ0n) is 10.9. The summed E-state index contributed by atoms with van der Waals surface area (Å²) in [5.41, 5.74) is 0.377. The van der Waals surface area contributed by atoms with E-state index in [1.807, 2.05) is 11.8 Å². The predicted molar refractivity (Wildman–Crippen MR) is 76.8 cm³/mol. The molecule has 2 rings (SSSR count). The second-order valence-electron chi connectivity index (χ2n) is 4.89. The molecule has 1 amide bonds. The van der Waals surface area contributed by atoms with Crippen molar-refractivity contribution in [3.8, 4) is 11.5 Å². The Morgan fingerprint density at radius 3 is 2.47 bits per heavy atom. The molecule has 3 N–H and O–H groups in total. The van der Waals surface area contributed by atoms with E-state index in [0.717, 1.165) is 25.7 Å². The first kappa shape index (κ1) is 14.1. The SMILES string of the molecule is CSC1CCC(NC(=O)c2ccc(O)c(O)c2)CC1. The lowest BCUT2D eigenvalue weighted by molar-refractivity contribution is 0.0927. The minimum atomic E-state index is -0.265. The third-order valence-corrected chi connectivity index (χ3v) is 4.72. The highest BCUT2D eigenvalue weighted by Gasteiger charge is 2.22. The third-order valence-electron chi connectivity index (χ3n) is 3.58. The number of hydrogen-bond donors (Lipinski definition) is 3. The molecule has 1 aliphatic carbocycles. The molecular weight excluding hydrogens is 262 g/mol. The summed E-state index contributed by atoms with van der Waals surface area (Å²) >= 11 is 1.89. The van der Waals surface area contributed by atoms with E-state index >= 15 is 0 Å². The molecule has 0 heterocycles. The molecule has 0 aliphatic heterocycles. The summed E-state index contributed by atoms with van der Waals surface area (Å²) in [4.78, 5) is 12.0. The molecule has 0 unspecified atom stereocenters. The number of hydrogen-bond acceptors (Lipinski definition) is 4. The maximum Gasteiger partial charge on any atom is 0.251 e. The number of aromatic hydroxyl groups is 2. The van der Waals surface area contributed by atoms with E-state index in [0.29, 0.717) is 10.8 Å². The molecule has 0 spiro atoms. The fraction of sp³-hybridized carbons (Fsp3) is 0.500. The number of phenolic OH excluding ortho intramolecular Hbond substituents is 2. The van der Waals surface area contributed by atoms with Crippen LogP contribution in [0.3, 0.4) is 0 Å². The van der Waals surface area contributed by atoms with Crippen molar-refractivity contribution in [3.63, 3.8) is 0 Å². The average molecular weight is 281 g/mol. The molecule has 19 heavy (non-hydrogen) atoms. The molecule has 104 valence electrons. The van der Waals surface area contributed by atoms with E-state index in [2.05, 4.69) is 11.6 Å². The van der Waals surface area contributed by atoms with Gasteiger partial charge in [-0.15, -0.1) is 0 Å². The van der Waals surface area contributed by atoms with Crippen LogP contribution >= 0.6 is 11.8 Å². The number of rotatable bonds is 3. The van der Waals surface area contributed by atoms with Crippen molar-refractivity contribution in [2.45, 2.75) is 37.0 Å². The van der Waals surface area contributed by atoms with E-state index in [4.69, 9.17) is 0 Å². The molecule has 1 aromatic carbocycles. The Bertz CT molecular complexity index is 456. The first-order chi connectivity index (χ1) is 9.10. The Morgan fingerprint density at radius 1 is 1.21 bits per heavy atom. The van der Waals surface area contributed by atoms with Gasteiger partial charge in [-0.1, -0.05) is 0 Å². The Balaban J connectivity index is 1.92. The average Bonchev–Trinajstić information content (AvgIpc) is 2.42. The molecule has 0 saturated heterocycles. The van der Waals surface area contributed by atoms with Gasteiger partial charge in [0.15, 0.2) is 11.5 Å². The van der Waals surface area contributed by atoms with Gasteiger partial charge in [0.05, 0.1) is 0 Å². The molecular formula is C14H19NO3S. The maximum atomic E-state index is 12.0. The van der Waals surface area contributed by atoms with Crippen LogP contribution < -0.4 is 5.32 Å². The number of thioether (sulfide) groups is 1. The van der Waals surface area contributed by atoms with Crippen LogP contribution in [0.5, 0.6) is 11.5 Å². The highest BCUT2D eigenvalue weighted by atomic mass is 32.2. The van der Waals surface area contributed by atoms with Gasteiger partial charge >= 0.3 is 0 Å². The van der Waals surface area contributed by atoms with Crippen molar-refractivity contribution in [2.24, 2.45) is 0 Å². The second kappa shape index (κ2) is 6.19. The van der Waals surface area contributed by atoms with E-state index in [1.54, 1.807) is 0 Å². The molecule has 0 atom stereocenters. The van der Waals surface area contributed by atoms with Gasteiger partial charge in [-0.05, 0) is 50.1 Å². The van der Waals surface area contributed by atoms with Crippen LogP contribution in [0.1, 0.15) is 36.0 Å². The zero-order valence-corrected chi connectivity index (χ0v) is 11.7. The van der Waals surface area contributed by atoms with E-state index < -0.39 is 0 Å². The normalized spacial score (nSPS) is 23.0. The van der Waals surface area contributed by atoms with Gasteiger partial charge in [-0.3, -0.25) is 4.79 Å². The van der Waals surface area contributed by atoms with Crippen LogP contribution in [0.15, 0.2) is 18.2 Å². The predicted octanol–water partition coefficient (Wildman–Crippen LogP) is 2.50.